The molecule has 2 rings (SSSR count). The number of hydrogen-bond acceptors (Lipinski definition) is 4. The zero-order valence-corrected chi connectivity index (χ0v) is 13.4. The van der Waals surface area contributed by atoms with Gasteiger partial charge in [0.1, 0.15) is 11.5 Å². The number of hydrogen-bond donors (Lipinski definition) is 0. The first-order chi connectivity index (χ1) is 10.3. The van der Waals surface area contributed by atoms with E-state index in [0.29, 0.717) is 0 Å². The van der Waals surface area contributed by atoms with E-state index in [1.54, 1.807) is 0 Å². The molecule has 1 aliphatic rings. The number of likely N-dealkylation sites (N-methyl/N-ethyl adjacent to an activating group) is 1. The smallest absolute Gasteiger partial charge is 0.122 e. The maximum Gasteiger partial charge on any atom is 0.122 e. The van der Waals surface area contributed by atoms with Gasteiger partial charge in [-0.2, -0.15) is 0 Å². The summed E-state index contributed by atoms with van der Waals surface area (Å²) < 4.78 is 11.4. The first kappa shape index (κ1) is 16.1. The van der Waals surface area contributed by atoms with Crippen LogP contribution in [0.3, 0.4) is 0 Å². The summed E-state index contributed by atoms with van der Waals surface area (Å²) in [6.07, 6.45) is 2.10. The Balaban J connectivity index is 1.64. The first-order valence-corrected chi connectivity index (χ1v) is 8.04. The molecule has 1 aromatic rings. The van der Waals surface area contributed by atoms with E-state index < -0.39 is 0 Å². The Bertz CT molecular complexity index is 404. The van der Waals surface area contributed by atoms with Gasteiger partial charge in [0.15, 0.2) is 0 Å². The molecule has 1 aliphatic heterocycles. The van der Waals surface area contributed by atoms with Crippen LogP contribution in [0.2, 0.25) is 0 Å². The maximum absolute atomic E-state index is 5.82. The first-order valence-electron chi connectivity index (χ1n) is 8.04. The topological polar surface area (TPSA) is 24.9 Å². The van der Waals surface area contributed by atoms with Crippen molar-refractivity contribution in [2.45, 2.75) is 19.8 Å². The lowest BCUT2D eigenvalue weighted by Gasteiger charge is -2.32. The fourth-order valence-corrected chi connectivity index (χ4v) is 2.42. The van der Waals surface area contributed by atoms with Gasteiger partial charge in [-0.05, 0) is 32.0 Å². The van der Waals surface area contributed by atoms with Gasteiger partial charge in [-0.15, -0.1) is 0 Å². The third-order valence-electron chi connectivity index (χ3n) is 3.76. The number of rotatable bonds is 8. The van der Waals surface area contributed by atoms with Crippen LogP contribution in [0.1, 0.15) is 19.8 Å². The fraction of sp³-hybridized carbons (Fsp3) is 0.647. The van der Waals surface area contributed by atoms with Crippen LogP contribution in [-0.2, 0) is 0 Å². The maximum atomic E-state index is 5.82. The number of benzene rings is 1. The lowest BCUT2D eigenvalue weighted by atomic mass is 10.3. The summed E-state index contributed by atoms with van der Waals surface area (Å²) in [5.41, 5.74) is 0. The second-order valence-electron chi connectivity index (χ2n) is 5.67. The van der Waals surface area contributed by atoms with E-state index in [-0.39, 0.29) is 0 Å². The molecule has 0 bridgehead atoms. The highest BCUT2D eigenvalue weighted by Gasteiger charge is 2.12. The standard InChI is InChI=1S/C17H28N2O2/c1-3-13-20-16-6-4-7-17(15-16)21-14-5-8-19-11-9-18(2)10-12-19/h4,6-7,15H,3,5,8-14H2,1-2H3. The minimum absolute atomic E-state index is 0.757. The molecule has 4 heteroatoms. The van der Waals surface area contributed by atoms with Gasteiger partial charge in [0.05, 0.1) is 13.2 Å². The van der Waals surface area contributed by atoms with E-state index in [2.05, 4.69) is 23.8 Å². The lowest BCUT2D eigenvalue weighted by Crippen LogP contribution is -2.44. The van der Waals surface area contributed by atoms with Crippen LogP contribution in [0.25, 0.3) is 0 Å². The van der Waals surface area contributed by atoms with E-state index in [4.69, 9.17) is 9.47 Å². The predicted molar refractivity (Wildman–Crippen MR) is 86.3 cm³/mol. The number of nitrogens with zero attached hydrogens (tertiary/aromatic N) is 2. The molecule has 0 atom stereocenters. The van der Waals surface area contributed by atoms with Crippen LogP contribution in [0.15, 0.2) is 24.3 Å². The molecule has 1 fully saturated rings. The Kier molecular flexibility index (Phi) is 6.83. The quantitative estimate of drug-likeness (QED) is 0.687. The minimum Gasteiger partial charge on any atom is -0.493 e. The Labute approximate surface area is 128 Å². The summed E-state index contributed by atoms with van der Waals surface area (Å²) in [5.74, 6) is 1.80. The molecule has 0 spiro atoms. The molecule has 0 aliphatic carbocycles. The summed E-state index contributed by atoms with van der Waals surface area (Å²) in [6, 6.07) is 7.94. The van der Waals surface area contributed by atoms with Gasteiger partial charge in [-0.1, -0.05) is 13.0 Å². The third kappa shape index (κ3) is 5.94. The Morgan fingerprint density at radius 3 is 2.33 bits per heavy atom. The van der Waals surface area contributed by atoms with Crippen molar-refractivity contribution in [1.29, 1.82) is 0 Å². The second kappa shape index (κ2) is 8.90. The van der Waals surface area contributed by atoms with Crippen molar-refractivity contribution in [2.75, 3.05) is 53.0 Å². The Hall–Kier alpha value is -1.26. The van der Waals surface area contributed by atoms with Crippen LogP contribution >= 0.6 is 0 Å². The summed E-state index contributed by atoms with van der Waals surface area (Å²) in [6.45, 7) is 9.47. The van der Waals surface area contributed by atoms with Crippen molar-refractivity contribution in [3.8, 4) is 11.5 Å². The number of ether oxygens (including phenoxy) is 2. The molecule has 0 amide bonds. The van der Waals surface area contributed by atoms with Crippen LogP contribution in [0, 0.1) is 0 Å². The van der Waals surface area contributed by atoms with E-state index in [9.17, 15) is 0 Å². The molecular weight excluding hydrogens is 264 g/mol. The van der Waals surface area contributed by atoms with Crippen molar-refractivity contribution in [3.05, 3.63) is 24.3 Å². The lowest BCUT2D eigenvalue weighted by molar-refractivity contribution is 0.145. The van der Waals surface area contributed by atoms with Gasteiger partial charge < -0.3 is 19.3 Å². The van der Waals surface area contributed by atoms with Crippen molar-refractivity contribution in [1.82, 2.24) is 9.80 Å². The highest BCUT2D eigenvalue weighted by molar-refractivity contribution is 5.32. The van der Waals surface area contributed by atoms with E-state index in [1.165, 1.54) is 26.2 Å². The van der Waals surface area contributed by atoms with Gasteiger partial charge in [-0.25, -0.2) is 0 Å². The van der Waals surface area contributed by atoms with E-state index in [0.717, 1.165) is 44.1 Å². The average Bonchev–Trinajstić information content (AvgIpc) is 2.52. The van der Waals surface area contributed by atoms with Gasteiger partial charge in [-0.3, -0.25) is 0 Å². The minimum atomic E-state index is 0.757. The van der Waals surface area contributed by atoms with Crippen molar-refractivity contribution in [2.24, 2.45) is 0 Å². The molecule has 4 nitrogen and oxygen atoms in total. The third-order valence-corrected chi connectivity index (χ3v) is 3.76. The zero-order valence-electron chi connectivity index (χ0n) is 13.4. The molecule has 0 N–H and O–H groups in total. The highest BCUT2D eigenvalue weighted by atomic mass is 16.5. The van der Waals surface area contributed by atoms with Crippen LogP contribution in [0.5, 0.6) is 11.5 Å². The summed E-state index contributed by atoms with van der Waals surface area (Å²) >= 11 is 0. The molecule has 0 saturated carbocycles. The summed E-state index contributed by atoms with van der Waals surface area (Å²) in [5, 5.41) is 0. The second-order valence-corrected chi connectivity index (χ2v) is 5.67. The van der Waals surface area contributed by atoms with Crippen LogP contribution < -0.4 is 9.47 Å². The molecule has 1 heterocycles. The number of piperazine rings is 1. The molecule has 21 heavy (non-hydrogen) atoms. The molecule has 0 unspecified atom stereocenters. The van der Waals surface area contributed by atoms with Crippen molar-refractivity contribution in [3.63, 3.8) is 0 Å². The zero-order chi connectivity index (χ0) is 14.9. The van der Waals surface area contributed by atoms with Gasteiger partial charge in [0.2, 0.25) is 0 Å². The SMILES string of the molecule is CCCOc1cccc(OCCCN2CCN(C)CC2)c1. The molecular formula is C17H28N2O2. The summed E-state index contributed by atoms with van der Waals surface area (Å²) in [4.78, 5) is 4.90. The van der Waals surface area contributed by atoms with Crippen LogP contribution in [0.4, 0.5) is 0 Å². The van der Waals surface area contributed by atoms with E-state index in [1.807, 2.05) is 24.3 Å². The van der Waals surface area contributed by atoms with Gasteiger partial charge in [0, 0.05) is 38.8 Å². The van der Waals surface area contributed by atoms with Gasteiger partial charge in [0.25, 0.3) is 0 Å². The summed E-state index contributed by atoms with van der Waals surface area (Å²) in [7, 11) is 2.19. The predicted octanol–water partition coefficient (Wildman–Crippen LogP) is 2.49. The highest BCUT2D eigenvalue weighted by Crippen LogP contribution is 2.19. The molecule has 118 valence electrons. The largest absolute Gasteiger partial charge is 0.493 e. The molecule has 0 aromatic heterocycles. The van der Waals surface area contributed by atoms with Crippen molar-refractivity contribution >= 4 is 0 Å². The Morgan fingerprint density at radius 1 is 1.00 bits per heavy atom. The average molecular weight is 292 g/mol. The van der Waals surface area contributed by atoms with Gasteiger partial charge >= 0.3 is 0 Å². The van der Waals surface area contributed by atoms with Crippen molar-refractivity contribution < 1.29 is 9.47 Å². The fourth-order valence-electron chi connectivity index (χ4n) is 2.42. The normalized spacial score (nSPS) is 16.9. The molecule has 0 radical (unpaired) electrons. The Morgan fingerprint density at radius 2 is 1.67 bits per heavy atom. The molecule has 1 aromatic carbocycles. The van der Waals surface area contributed by atoms with Crippen LogP contribution in [-0.4, -0.2) is 62.8 Å². The molecule has 1 saturated heterocycles. The monoisotopic (exact) mass is 292 g/mol. The van der Waals surface area contributed by atoms with E-state index >= 15 is 0 Å².